The van der Waals surface area contributed by atoms with Crippen molar-refractivity contribution < 1.29 is 9.53 Å². The number of rotatable bonds is 5. The van der Waals surface area contributed by atoms with E-state index in [0.29, 0.717) is 28.0 Å². The van der Waals surface area contributed by atoms with Crippen LogP contribution in [-0.4, -0.2) is 33.0 Å². The number of fused-ring (bicyclic) bond motifs is 1. The predicted octanol–water partition coefficient (Wildman–Crippen LogP) is 3.39. The molecule has 0 aliphatic carbocycles. The lowest BCUT2D eigenvalue weighted by molar-refractivity contribution is 0.0601. The van der Waals surface area contributed by atoms with Crippen LogP contribution >= 0.6 is 11.8 Å². The van der Waals surface area contributed by atoms with E-state index in [1.165, 1.54) is 18.9 Å². The summed E-state index contributed by atoms with van der Waals surface area (Å²) < 4.78 is 4.72. The maximum atomic E-state index is 12.3. The fourth-order valence-electron chi connectivity index (χ4n) is 2.78. The third-order valence-electron chi connectivity index (χ3n) is 4.16. The lowest BCUT2D eigenvalue weighted by atomic mass is 10.1. The normalized spacial score (nSPS) is 10.9. The molecule has 0 radical (unpaired) electrons. The number of thioether (sulfide) groups is 1. The summed E-state index contributed by atoms with van der Waals surface area (Å²) in [6.07, 6.45) is 1.77. The molecule has 0 bridgehead atoms. The quantitative estimate of drug-likeness (QED) is 0.399. The van der Waals surface area contributed by atoms with Gasteiger partial charge in [-0.15, -0.1) is 0 Å². The number of imidazole rings is 1. The summed E-state index contributed by atoms with van der Waals surface area (Å²) in [7, 11) is 1.31. The smallest absolute Gasteiger partial charge is 0.337 e. The number of aromatic nitrogens is 4. The maximum Gasteiger partial charge on any atom is 0.337 e. The van der Waals surface area contributed by atoms with Crippen molar-refractivity contribution in [2.75, 3.05) is 7.11 Å². The van der Waals surface area contributed by atoms with Gasteiger partial charge >= 0.3 is 5.97 Å². The van der Waals surface area contributed by atoms with Gasteiger partial charge in [0.1, 0.15) is 5.82 Å². The second-order valence-corrected chi connectivity index (χ2v) is 6.96. The van der Waals surface area contributed by atoms with Crippen LogP contribution in [0, 0.1) is 0 Å². The molecule has 2 heterocycles. The molecule has 2 aromatic carbocycles. The van der Waals surface area contributed by atoms with Gasteiger partial charge in [0.25, 0.3) is 5.56 Å². The fraction of sp³-hybridized carbons (Fsp3) is 0.100. The summed E-state index contributed by atoms with van der Waals surface area (Å²) in [4.78, 5) is 38.9. The highest BCUT2D eigenvalue weighted by Gasteiger charge is 2.11. The third-order valence-corrected chi connectivity index (χ3v) is 5.06. The van der Waals surface area contributed by atoms with Gasteiger partial charge in [-0.25, -0.2) is 14.8 Å². The first-order valence-corrected chi connectivity index (χ1v) is 9.47. The summed E-state index contributed by atoms with van der Waals surface area (Å²) in [5, 5.41) is 1.15. The van der Waals surface area contributed by atoms with Crippen LogP contribution in [0.5, 0.6) is 0 Å². The summed E-state index contributed by atoms with van der Waals surface area (Å²) in [6.45, 7) is 0. The minimum absolute atomic E-state index is 0.249. The molecule has 7 nitrogen and oxygen atoms in total. The van der Waals surface area contributed by atoms with E-state index >= 15 is 0 Å². The van der Waals surface area contributed by atoms with Crippen molar-refractivity contribution >= 4 is 28.6 Å². The standard InChI is InChI=1S/C20H16N4O3S/c1-27-19(26)13-7-8-14-15(9-13)22-17(24-18(14)25)11-28-20-21-10-16(23-20)12-5-3-2-4-6-12/h2-10H,11H2,1H3,(H,21,23)(H,22,24,25). The Labute approximate surface area is 164 Å². The number of benzene rings is 2. The van der Waals surface area contributed by atoms with Crippen LogP contribution in [-0.2, 0) is 10.5 Å². The average Bonchev–Trinajstić information content (AvgIpc) is 3.21. The highest BCUT2D eigenvalue weighted by Crippen LogP contribution is 2.23. The van der Waals surface area contributed by atoms with E-state index < -0.39 is 5.97 Å². The number of aromatic amines is 2. The van der Waals surface area contributed by atoms with E-state index in [-0.39, 0.29) is 5.56 Å². The van der Waals surface area contributed by atoms with Gasteiger partial charge in [-0.05, 0) is 23.8 Å². The minimum atomic E-state index is -0.469. The molecule has 140 valence electrons. The second-order valence-electron chi connectivity index (χ2n) is 5.99. The van der Waals surface area contributed by atoms with Crippen molar-refractivity contribution in [3.63, 3.8) is 0 Å². The van der Waals surface area contributed by atoms with E-state index in [2.05, 4.69) is 19.9 Å². The molecule has 8 heteroatoms. The Morgan fingerprint density at radius 1 is 1.14 bits per heavy atom. The van der Waals surface area contributed by atoms with Gasteiger partial charge in [-0.3, -0.25) is 4.79 Å². The first-order valence-electron chi connectivity index (χ1n) is 8.48. The molecule has 0 spiro atoms. The van der Waals surface area contributed by atoms with Crippen LogP contribution in [0.3, 0.4) is 0 Å². The monoisotopic (exact) mass is 392 g/mol. The molecule has 28 heavy (non-hydrogen) atoms. The Bertz CT molecular complexity index is 1200. The number of nitrogens with zero attached hydrogens (tertiary/aromatic N) is 2. The van der Waals surface area contributed by atoms with Gasteiger partial charge in [0, 0.05) is 0 Å². The number of hydrogen-bond acceptors (Lipinski definition) is 6. The van der Waals surface area contributed by atoms with Crippen LogP contribution < -0.4 is 5.56 Å². The molecule has 0 atom stereocenters. The molecule has 2 aromatic heterocycles. The molecule has 4 rings (SSSR count). The Morgan fingerprint density at radius 3 is 2.75 bits per heavy atom. The topological polar surface area (TPSA) is 101 Å². The van der Waals surface area contributed by atoms with E-state index in [9.17, 15) is 9.59 Å². The highest BCUT2D eigenvalue weighted by atomic mass is 32.2. The highest BCUT2D eigenvalue weighted by molar-refractivity contribution is 7.98. The Morgan fingerprint density at radius 2 is 1.96 bits per heavy atom. The first kappa shape index (κ1) is 18.0. The molecular weight excluding hydrogens is 376 g/mol. The first-order chi connectivity index (χ1) is 13.6. The number of carbonyl (C=O) groups excluding carboxylic acids is 1. The van der Waals surface area contributed by atoms with Crippen LogP contribution in [0.2, 0.25) is 0 Å². The second kappa shape index (κ2) is 7.69. The zero-order valence-corrected chi connectivity index (χ0v) is 15.7. The molecule has 0 amide bonds. The molecule has 0 fully saturated rings. The number of H-pyrrole nitrogens is 2. The molecule has 0 saturated carbocycles. The summed E-state index contributed by atoms with van der Waals surface area (Å²) in [6, 6.07) is 14.6. The lowest BCUT2D eigenvalue weighted by Gasteiger charge is -2.04. The van der Waals surface area contributed by atoms with E-state index in [0.717, 1.165) is 16.4 Å². The lowest BCUT2D eigenvalue weighted by Crippen LogP contribution is -2.12. The predicted molar refractivity (Wildman–Crippen MR) is 107 cm³/mol. The molecule has 0 aliphatic rings. The number of nitrogens with one attached hydrogen (secondary N) is 2. The van der Waals surface area contributed by atoms with Crippen molar-refractivity contribution in [3.8, 4) is 11.3 Å². The van der Waals surface area contributed by atoms with E-state index in [1.54, 1.807) is 24.4 Å². The SMILES string of the molecule is COC(=O)c1ccc2c(=O)[nH]c(CSc3ncc(-c4ccccc4)[nH]3)nc2c1. The molecule has 0 saturated heterocycles. The maximum absolute atomic E-state index is 12.3. The van der Waals surface area contributed by atoms with E-state index in [1.807, 2.05) is 30.3 Å². The minimum Gasteiger partial charge on any atom is -0.465 e. The molecule has 0 unspecified atom stereocenters. The zero-order chi connectivity index (χ0) is 19.5. The largest absolute Gasteiger partial charge is 0.465 e. The molecule has 4 aromatic rings. The van der Waals surface area contributed by atoms with Crippen molar-refractivity contribution in [3.05, 3.63) is 76.5 Å². The van der Waals surface area contributed by atoms with Crippen LogP contribution in [0.4, 0.5) is 0 Å². The number of carbonyl (C=O) groups is 1. The Hall–Kier alpha value is -3.39. The molecular formula is C20H16N4O3S. The average molecular weight is 392 g/mol. The number of methoxy groups -OCH3 is 1. The number of esters is 1. The van der Waals surface area contributed by atoms with Gasteiger partial charge < -0.3 is 14.7 Å². The van der Waals surface area contributed by atoms with Crippen LogP contribution in [0.25, 0.3) is 22.2 Å². The summed E-state index contributed by atoms with van der Waals surface area (Å²) in [5.41, 5.74) is 2.53. The zero-order valence-electron chi connectivity index (χ0n) is 14.9. The van der Waals surface area contributed by atoms with E-state index in [4.69, 9.17) is 4.74 Å². The molecule has 2 N–H and O–H groups in total. The number of ether oxygens (including phenoxy) is 1. The fourth-order valence-corrected chi connectivity index (χ4v) is 3.50. The van der Waals surface area contributed by atoms with Gasteiger partial charge in [0.15, 0.2) is 5.16 Å². The van der Waals surface area contributed by atoms with Crippen molar-refractivity contribution in [2.24, 2.45) is 0 Å². The molecule has 0 aliphatic heterocycles. The summed E-state index contributed by atoms with van der Waals surface area (Å²) in [5.74, 6) is 0.459. The van der Waals surface area contributed by atoms with Gasteiger partial charge in [0.2, 0.25) is 0 Å². The van der Waals surface area contributed by atoms with Crippen LogP contribution in [0.15, 0.2) is 64.7 Å². The summed E-state index contributed by atoms with van der Waals surface area (Å²) >= 11 is 1.43. The van der Waals surface area contributed by atoms with Gasteiger partial charge in [0.05, 0.1) is 41.2 Å². The van der Waals surface area contributed by atoms with Gasteiger partial charge in [-0.2, -0.15) is 0 Å². The van der Waals surface area contributed by atoms with Crippen molar-refractivity contribution in [1.82, 2.24) is 19.9 Å². The Kier molecular flexibility index (Phi) is 4.94. The van der Waals surface area contributed by atoms with Crippen LogP contribution in [0.1, 0.15) is 16.2 Å². The third kappa shape index (κ3) is 3.67. The van der Waals surface area contributed by atoms with Gasteiger partial charge in [-0.1, -0.05) is 42.1 Å². The van der Waals surface area contributed by atoms with Crippen molar-refractivity contribution in [1.29, 1.82) is 0 Å². The van der Waals surface area contributed by atoms with Crippen molar-refractivity contribution in [2.45, 2.75) is 10.9 Å². The Balaban J connectivity index is 1.56. The number of hydrogen-bond donors (Lipinski definition) is 2.